The van der Waals surface area contributed by atoms with Crippen LogP contribution in [0, 0.1) is 11.3 Å². The number of amides is 2. The maximum absolute atomic E-state index is 13.3. The minimum atomic E-state index is -0.898. The zero-order valence-corrected chi connectivity index (χ0v) is 20.0. The van der Waals surface area contributed by atoms with Gasteiger partial charge in [0.05, 0.1) is 11.8 Å². The number of carbonyl (C=O) groups is 3. The van der Waals surface area contributed by atoms with Gasteiger partial charge in [-0.25, -0.2) is 4.79 Å². The SMILES string of the molecule is CCCN(CCC(=O)O)C(=O)C12CC(NC(=O)OCC3c4ccccc4-c4ccccc43)CC1C2. The van der Waals surface area contributed by atoms with Crippen LogP contribution in [-0.2, 0) is 14.3 Å². The Morgan fingerprint density at radius 3 is 2.31 bits per heavy atom. The number of alkyl carbamates (subject to hydrolysis) is 1. The maximum atomic E-state index is 13.3. The molecule has 2 saturated carbocycles. The van der Waals surface area contributed by atoms with Crippen LogP contribution in [-0.4, -0.2) is 53.7 Å². The molecule has 2 amide bonds. The van der Waals surface area contributed by atoms with E-state index in [4.69, 9.17) is 9.84 Å². The van der Waals surface area contributed by atoms with E-state index in [1.54, 1.807) is 4.90 Å². The largest absolute Gasteiger partial charge is 0.481 e. The Morgan fingerprint density at radius 1 is 1.03 bits per heavy atom. The van der Waals surface area contributed by atoms with Gasteiger partial charge in [-0.15, -0.1) is 0 Å². The van der Waals surface area contributed by atoms with Crippen molar-refractivity contribution in [1.82, 2.24) is 10.2 Å². The number of ether oxygens (including phenoxy) is 1. The van der Waals surface area contributed by atoms with Crippen LogP contribution in [0.15, 0.2) is 48.5 Å². The van der Waals surface area contributed by atoms with Crippen LogP contribution in [0.2, 0.25) is 0 Å². The fourth-order valence-electron chi connectivity index (χ4n) is 6.20. The van der Waals surface area contributed by atoms with Crippen LogP contribution in [0.4, 0.5) is 4.79 Å². The smallest absolute Gasteiger partial charge is 0.407 e. The van der Waals surface area contributed by atoms with E-state index in [0.29, 0.717) is 13.0 Å². The van der Waals surface area contributed by atoms with Crippen molar-refractivity contribution in [3.05, 3.63) is 59.7 Å². The second kappa shape index (κ2) is 9.36. The number of hydrogen-bond donors (Lipinski definition) is 2. The molecule has 0 aromatic heterocycles. The van der Waals surface area contributed by atoms with E-state index in [1.807, 2.05) is 31.2 Å². The summed E-state index contributed by atoms with van der Waals surface area (Å²) in [7, 11) is 0. The first kappa shape index (κ1) is 23.4. The number of hydrogen-bond acceptors (Lipinski definition) is 4. The molecule has 3 aliphatic carbocycles. The third-order valence-corrected chi connectivity index (χ3v) is 7.88. The van der Waals surface area contributed by atoms with Gasteiger partial charge in [0.25, 0.3) is 0 Å². The maximum Gasteiger partial charge on any atom is 0.407 e. The first-order chi connectivity index (χ1) is 16.9. The molecular formula is C28H32N2O5. The lowest BCUT2D eigenvalue weighted by Gasteiger charge is -2.27. The molecule has 0 aliphatic heterocycles. The summed E-state index contributed by atoms with van der Waals surface area (Å²) in [6.45, 7) is 3.05. The first-order valence-corrected chi connectivity index (χ1v) is 12.6. The third-order valence-electron chi connectivity index (χ3n) is 7.88. The highest BCUT2D eigenvalue weighted by Gasteiger charge is 2.66. The summed E-state index contributed by atoms with van der Waals surface area (Å²) >= 11 is 0. The highest BCUT2D eigenvalue weighted by Crippen LogP contribution is 2.64. The molecule has 0 saturated heterocycles. The number of aliphatic carboxylic acids is 1. The van der Waals surface area contributed by atoms with E-state index in [9.17, 15) is 14.4 Å². The normalized spacial score (nSPS) is 23.7. The van der Waals surface area contributed by atoms with Crippen molar-refractivity contribution in [3.8, 4) is 11.1 Å². The molecule has 0 bridgehead atoms. The van der Waals surface area contributed by atoms with Gasteiger partial charge in [-0.3, -0.25) is 9.59 Å². The minimum Gasteiger partial charge on any atom is -0.481 e. The minimum absolute atomic E-state index is 0.00916. The van der Waals surface area contributed by atoms with E-state index < -0.39 is 17.5 Å². The number of nitrogens with one attached hydrogen (secondary N) is 1. The third kappa shape index (κ3) is 4.40. The Kier molecular flexibility index (Phi) is 6.26. The number of carboxylic acids is 1. The molecule has 2 aromatic carbocycles. The van der Waals surface area contributed by atoms with Crippen molar-refractivity contribution in [2.24, 2.45) is 11.3 Å². The summed E-state index contributed by atoms with van der Waals surface area (Å²) in [5.74, 6) is -0.597. The predicted molar refractivity (Wildman–Crippen MR) is 131 cm³/mol. The van der Waals surface area contributed by atoms with Crippen LogP contribution >= 0.6 is 0 Å². The molecule has 184 valence electrons. The Labute approximate surface area is 205 Å². The number of rotatable bonds is 9. The molecule has 2 aromatic rings. The second-order valence-electron chi connectivity index (χ2n) is 10.1. The summed E-state index contributed by atoms with van der Waals surface area (Å²) in [5, 5.41) is 12.0. The zero-order valence-electron chi connectivity index (χ0n) is 20.0. The average molecular weight is 477 g/mol. The van der Waals surface area contributed by atoms with Crippen LogP contribution in [0.1, 0.15) is 56.1 Å². The number of fused-ring (bicyclic) bond motifs is 4. The molecule has 5 rings (SSSR count). The van der Waals surface area contributed by atoms with Gasteiger partial charge >= 0.3 is 12.1 Å². The van der Waals surface area contributed by atoms with Crippen LogP contribution in [0.3, 0.4) is 0 Å². The molecule has 3 aliphatic rings. The van der Waals surface area contributed by atoms with E-state index in [-0.39, 0.29) is 43.4 Å². The monoisotopic (exact) mass is 476 g/mol. The van der Waals surface area contributed by atoms with Gasteiger partial charge in [0.2, 0.25) is 5.91 Å². The Morgan fingerprint density at radius 2 is 1.69 bits per heavy atom. The van der Waals surface area contributed by atoms with E-state index in [0.717, 1.165) is 19.3 Å². The topological polar surface area (TPSA) is 95.9 Å². The van der Waals surface area contributed by atoms with Gasteiger partial charge in [-0.2, -0.15) is 0 Å². The summed E-state index contributed by atoms with van der Waals surface area (Å²) < 4.78 is 5.69. The van der Waals surface area contributed by atoms with Crippen molar-refractivity contribution in [2.75, 3.05) is 19.7 Å². The number of benzene rings is 2. The molecule has 2 fully saturated rings. The number of nitrogens with zero attached hydrogens (tertiary/aromatic N) is 1. The van der Waals surface area contributed by atoms with Crippen molar-refractivity contribution >= 4 is 18.0 Å². The fraction of sp³-hybridized carbons (Fsp3) is 0.464. The van der Waals surface area contributed by atoms with E-state index in [2.05, 4.69) is 29.6 Å². The van der Waals surface area contributed by atoms with Gasteiger partial charge in [0.15, 0.2) is 0 Å². The van der Waals surface area contributed by atoms with Crippen LogP contribution in [0.5, 0.6) is 0 Å². The summed E-state index contributed by atoms with van der Waals surface area (Å²) in [6.07, 6.45) is 2.46. The Hall–Kier alpha value is -3.35. The van der Waals surface area contributed by atoms with Crippen LogP contribution in [0.25, 0.3) is 11.1 Å². The molecule has 7 heteroatoms. The lowest BCUT2D eigenvalue weighted by atomic mass is 9.98. The summed E-state index contributed by atoms with van der Waals surface area (Å²) in [6, 6.07) is 16.4. The van der Waals surface area contributed by atoms with Crippen molar-refractivity contribution in [2.45, 2.75) is 51.0 Å². The van der Waals surface area contributed by atoms with Gasteiger partial charge in [0, 0.05) is 25.0 Å². The Bertz CT molecular complexity index is 1100. The average Bonchev–Trinajstić information content (AvgIpc) is 3.27. The van der Waals surface area contributed by atoms with Crippen molar-refractivity contribution in [1.29, 1.82) is 0 Å². The molecule has 7 nitrogen and oxygen atoms in total. The van der Waals surface area contributed by atoms with Crippen molar-refractivity contribution < 1.29 is 24.2 Å². The molecule has 2 N–H and O–H groups in total. The van der Waals surface area contributed by atoms with E-state index in [1.165, 1.54) is 22.3 Å². The second-order valence-corrected chi connectivity index (χ2v) is 10.1. The number of carboxylic acid groups (broad SMARTS) is 1. The highest BCUT2D eigenvalue weighted by molar-refractivity contribution is 5.87. The van der Waals surface area contributed by atoms with Gasteiger partial charge in [-0.05, 0) is 53.9 Å². The molecule has 3 atom stereocenters. The standard InChI is InChI=1S/C28H32N2O5/c1-2-12-30(13-11-25(31)32)26(33)28-15-18(28)14-19(16-28)29-27(34)35-17-24-22-9-5-3-7-20(22)21-8-4-6-10-23(21)24/h3-10,18-19,24H,2,11-17H2,1H3,(H,29,34)(H,31,32). The molecule has 0 heterocycles. The van der Waals surface area contributed by atoms with Gasteiger partial charge in [-0.1, -0.05) is 55.5 Å². The molecule has 0 spiro atoms. The lowest BCUT2D eigenvalue weighted by Crippen LogP contribution is -2.41. The van der Waals surface area contributed by atoms with Crippen molar-refractivity contribution in [3.63, 3.8) is 0 Å². The van der Waals surface area contributed by atoms with Gasteiger partial charge in [0.1, 0.15) is 6.61 Å². The molecule has 0 radical (unpaired) electrons. The quantitative estimate of drug-likeness (QED) is 0.559. The zero-order chi connectivity index (χ0) is 24.6. The van der Waals surface area contributed by atoms with Crippen LogP contribution < -0.4 is 5.32 Å². The Balaban J connectivity index is 1.17. The van der Waals surface area contributed by atoms with Gasteiger partial charge < -0.3 is 20.1 Å². The molecule has 3 unspecified atom stereocenters. The predicted octanol–water partition coefficient (Wildman–Crippen LogP) is 4.41. The molecule has 35 heavy (non-hydrogen) atoms. The number of carbonyl (C=O) groups excluding carboxylic acids is 2. The fourth-order valence-corrected chi connectivity index (χ4v) is 6.20. The highest BCUT2D eigenvalue weighted by atomic mass is 16.5. The van der Waals surface area contributed by atoms with E-state index >= 15 is 0 Å². The summed E-state index contributed by atoms with van der Waals surface area (Å²) in [4.78, 5) is 38.7. The lowest BCUT2D eigenvalue weighted by molar-refractivity contribution is -0.140. The first-order valence-electron chi connectivity index (χ1n) is 12.6. The summed E-state index contributed by atoms with van der Waals surface area (Å²) in [5.41, 5.74) is 4.27. The molecular weight excluding hydrogens is 444 g/mol.